The average Bonchev–Trinajstić information content (AvgIpc) is 4.15. The molecule has 7 heteroatoms. The summed E-state index contributed by atoms with van der Waals surface area (Å²) in [6, 6.07) is 71.3. The lowest BCUT2D eigenvalue weighted by atomic mass is 9.35. The van der Waals surface area contributed by atoms with E-state index in [2.05, 4.69) is 204 Å². The Bertz CT molecular complexity index is 4110. The number of benzene rings is 9. The minimum Gasteiger partial charge on any atom is -0.468 e. The number of para-hydroxylation sites is 3. The van der Waals surface area contributed by atoms with E-state index < -0.39 is 0 Å². The van der Waals surface area contributed by atoms with Crippen LogP contribution in [0.25, 0.3) is 87.2 Å². The summed E-state index contributed by atoms with van der Waals surface area (Å²) in [5.74, 6) is 0. The predicted octanol–water partition coefficient (Wildman–Crippen LogP) is 14.9. The van der Waals surface area contributed by atoms with Crippen LogP contribution >= 0.6 is 11.3 Å². The number of furan rings is 3. The van der Waals surface area contributed by atoms with E-state index in [0.29, 0.717) is 0 Å². The summed E-state index contributed by atoms with van der Waals surface area (Å²) < 4.78 is 22.6. The van der Waals surface area contributed by atoms with Crippen LogP contribution in [0.5, 0.6) is 0 Å². The molecule has 302 valence electrons. The summed E-state index contributed by atoms with van der Waals surface area (Å²) in [5.41, 5.74) is 17.1. The third-order valence-electron chi connectivity index (χ3n) is 13.7. The van der Waals surface area contributed by atoms with E-state index in [1.165, 1.54) is 15.5 Å². The summed E-state index contributed by atoms with van der Waals surface area (Å²) in [7, 11) is 0. The van der Waals surface area contributed by atoms with Crippen molar-refractivity contribution in [3.63, 3.8) is 0 Å². The molecule has 0 amide bonds. The van der Waals surface area contributed by atoms with Gasteiger partial charge in [-0.05, 0) is 82.0 Å². The number of anilines is 6. The van der Waals surface area contributed by atoms with Crippen LogP contribution in [-0.2, 0) is 0 Å². The van der Waals surface area contributed by atoms with Crippen LogP contribution in [0.1, 0.15) is 0 Å². The van der Waals surface area contributed by atoms with Crippen molar-refractivity contribution in [2.75, 3.05) is 9.80 Å². The summed E-state index contributed by atoms with van der Waals surface area (Å²) >= 11 is 1.83. The molecule has 0 saturated heterocycles. The second kappa shape index (κ2) is 13.1. The lowest BCUT2D eigenvalue weighted by Crippen LogP contribution is -2.60. The van der Waals surface area contributed by atoms with Gasteiger partial charge < -0.3 is 18.2 Å². The first-order valence-corrected chi connectivity index (χ1v) is 22.9. The van der Waals surface area contributed by atoms with Crippen LogP contribution in [0.4, 0.5) is 33.4 Å². The highest BCUT2D eigenvalue weighted by Crippen LogP contribution is 2.55. The van der Waals surface area contributed by atoms with Gasteiger partial charge in [-0.25, -0.2) is 0 Å². The number of hydrogen-bond donors (Lipinski definition) is 0. The number of nitrogens with zero attached hydrogens (tertiary/aromatic N) is 2. The lowest BCUT2D eigenvalue weighted by molar-refractivity contribution is 0.651. The van der Waals surface area contributed by atoms with Crippen molar-refractivity contribution in [2.45, 2.75) is 0 Å². The summed E-state index contributed by atoms with van der Waals surface area (Å²) in [5, 5.41) is 7.73. The first-order valence-electron chi connectivity index (χ1n) is 22.0. The third-order valence-corrected chi connectivity index (χ3v) is 14.8. The maximum atomic E-state index is 7.32. The third kappa shape index (κ3) is 4.77. The van der Waals surface area contributed by atoms with Crippen molar-refractivity contribution in [3.8, 4) is 22.3 Å². The molecule has 65 heavy (non-hydrogen) atoms. The van der Waals surface area contributed by atoms with E-state index >= 15 is 0 Å². The Kier molecular flexibility index (Phi) is 7.12. The van der Waals surface area contributed by atoms with Crippen LogP contribution < -0.4 is 26.4 Å². The number of fused-ring (bicyclic) bond motifs is 14. The highest BCUT2D eigenvalue weighted by Gasteiger charge is 2.49. The minimum absolute atomic E-state index is 0.229. The Hall–Kier alpha value is -8.26. The topological polar surface area (TPSA) is 45.9 Å². The van der Waals surface area contributed by atoms with Gasteiger partial charge >= 0.3 is 0 Å². The van der Waals surface area contributed by atoms with E-state index in [4.69, 9.17) is 13.3 Å². The number of rotatable bonds is 4. The summed E-state index contributed by atoms with van der Waals surface area (Å²) in [4.78, 5) is 4.97. The zero-order valence-corrected chi connectivity index (χ0v) is 35.5. The van der Waals surface area contributed by atoms with Gasteiger partial charge in [0.2, 0.25) is 0 Å². The normalized spacial score (nSPS) is 13.1. The first kappa shape index (κ1) is 35.2. The van der Waals surface area contributed by atoms with E-state index in [0.717, 1.165) is 122 Å². The number of thiophene rings is 1. The molecule has 15 rings (SSSR count). The number of hydrogen-bond acceptors (Lipinski definition) is 6. The van der Waals surface area contributed by atoms with Crippen molar-refractivity contribution in [3.05, 3.63) is 200 Å². The highest BCUT2D eigenvalue weighted by molar-refractivity contribution is 7.26. The van der Waals surface area contributed by atoms with Gasteiger partial charge in [-0.15, -0.1) is 11.3 Å². The van der Waals surface area contributed by atoms with E-state index in [1.54, 1.807) is 0 Å². The minimum atomic E-state index is -0.229. The molecule has 0 aliphatic carbocycles. The molecule has 0 saturated carbocycles. The fraction of sp³-hybridized carbons (Fsp3) is 0. The zero-order valence-electron chi connectivity index (χ0n) is 34.7. The molecule has 0 spiro atoms. The molecule has 0 fully saturated rings. The Balaban J connectivity index is 1.12. The molecule has 0 radical (unpaired) electrons. The molecule has 5 nitrogen and oxygen atoms in total. The van der Waals surface area contributed by atoms with Crippen LogP contribution in [0, 0.1) is 0 Å². The molecule has 0 N–H and O–H groups in total. The molecule has 2 aliphatic rings. The molecule has 13 aromatic rings. The Morgan fingerprint density at radius 1 is 0.354 bits per heavy atom. The van der Waals surface area contributed by atoms with Gasteiger partial charge in [0.1, 0.15) is 16.7 Å². The quantitative estimate of drug-likeness (QED) is 0.165. The van der Waals surface area contributed by atoms with Crippen LogP contribution in [0.3, 0.4) is 0 Å². The van der Waals surface area contributed by atoms with Gasteiger partial charge in [-0.1, -0.05) is 146 Å². The van der Waals surface area contributed by atoms with Gasteiger partial charge in [-0.2, -0.15) is 0 Å². The molecule has 0 bridgehead atoms. The molecular formula is C58H33BN2O3S. The smallest absolute Gasteiger partial charge is 0.298 e. The largest absolute Gasteiger partial charge is 0.468 e. The molecule has 0 atom stereocenters. The molecule has 0 unspecified atom stereocenters. The van der Waals surface area contributed by atoms with Crippen molar-refractivity contribution in [2.24, 2.45) is 0 Å². The van der Waals surface area contributed by atoms with Gasteiger partial charge in [0.15, 0.2) is 11.2 Å². The van der Waals surface area contributed by atoms with Crippen molar-refractivity contribution in [1.29, 1.82) is 0 Å². The monoisotopic (exact) mass is 848 g/mol. The maximum absolute atomic E-state index is 7.32. The SMILES string of the molecule is c1ccc(-c2ccc3c(oc4ccccc43)c2N2c3cccc4c3B(c3oc5ccccc5c3N4c3c(-c4ccccc4)ccc4c3oc3ccccc34)c3c2sc2ccccc32)cc1. The lowest BCUT2D eigenvalue weighted by Gasteiger charge is -2.41. The molecule has 4 aromatic heterocycles. The standard InChI is InChI=1S/C58H33BN2O3S/c1-3-16-34(17-4-1)36-30-32-40-38-20-7-11-26-46(38)62-55(40)52(36)60-44-24-15-25-45-51(44)59(57-54(60)42-22-9-13-28-48(42)64-57)50-43-23-10-14-29-49(43)65-58(50)61(45)53-37(35-18-5-2-6-19-35)31-33-41-39-21-8-12-27-47(39)63-56(41)53/h1-33H. The summed E-state index contributed by atoms with van der Waals surface area (Å²) in [6.45, 7) is -0.229. The Labute approximate surface area is 376 Å². The Morgan fingerprint density at radius 3 is 1.46 bits per heavy atom. The van der Waals surface area contributed by atoms with Crippen molar-refractivity contribution >= 4 is 133 Å². The van der Waals surface area contributed by atoms with Crippen LogP contribution in [0.2, 0.25) is 0 Å². The van der Waals surface area contributed by atoms with E-state index in [-0.39, 0.29) is 6.71 Å². The Morgan fingerprint density at radius 2 is 0.846 bits per heavy atom. The highest BCUT2D eigenvalue weighted by atomic mass is 32.1. The second-order valence-electron chi connectivity index (χ2n) is 17.0. The van der Waals surface area contributed by atoms with E-state index in [1.807, 2.05) is 17.4 Å². The van der Waals surface area contributed by atoms with E-state index in [9.17, 15) is 0 Å². The van der Waals surface area contributed by atoms with Gasteiger partial charge in [-0.3, -0.25) is 4.90 Å². The predicted molar refractivity (Wildman–Crippen MR) is 271 cm³/mol. The van der Waals surface area contributed by atoms with Gasteiger partial charge in [0.05, 0.1) is 27.7 Å². The van der Waals surface area contributed by atoms with Crippen molar-refractivity contribution < 1.29 is 13.3 Å². The van der Waals surface area contributed by atoms with Crippen LogP contribution in [-0.4, -0.2) is 6.71 Å². The van der Waals surface area contributed by atoms with Crippen molar-refractivity contribution in [1.82, 2.24) is 0 Å². The molecular weight excluding hydrogens is 816 g/mol. The molecule has 2 aliphatic heterocycles. The van der Waals surface area contributed by atoms with Gasteiger partial charge in [0, 0.05) is 54.1 Å². The fourth-order valence-electron chi connectivity index (χ4n) is 11.0. The fourth-order valence-corrected chi connectivity index (χ4v) is 12.2. The second-order valence-corrected chi connectivity index (χ2v) is 18.1. The first-order chi connectivity index (χ1) is 32.3. The molecule has 6 heterocycles. The van der Waals surface area contributed by atoms with Crippen LogP contribution in [0.15, 0.2) is 213 Å². The molecule has 9 aromatic carbocycles. The van der Waals surface area contributed by atoms with Gasteiger partial charge in [0.25, 0.3) is 6.71 Å². The average molecular weight is 849 g/mol. The maximum Gasteiger partial charge on any atom is 0.298 e. The summed E-state index contributed by atoms with van der Waals surface area (Å²) in [6.07, 6.45) is 0. The zero-order chi connectivity index (χ0) is 42.3.